The van der Waals surface area contributed by atoms with Gasteiger partial charge in [0.15, 0.2) is 52.4 Å². The van der Waals surface area contributed by atoms with E-state index in [0.717, 1.165) is 105 Å². The van der Waals surface area contributed by atoms with Gasteiger partial charge < -0.3 is 9.13 Å². The molecule has 11 nitrogen and oxygen atoms in total. The van der Waals surface area contributed by atoms with E-state index in [-0.39, 0.29) is 0 Å². The molecule has 17 rings (SSSR count). The van der Waals surface area contributed by atoms with Crippen LogP contribution in [-0.2, 0) is 0 Å². The normalized spacial score (nSPS) is 11.5. The predicted molar refractivity (Wildman–Crippen MR) is 370 cm³/mol. The summed E-state index contributed by atoms with van der Waals surface area (Å²) in [5, 5.41) is 4.26. The van der Waals surface area contributed by atoms with Crippen LogP contribution in [0.3, 0.4) is 0 Å². The fraction of sp³-hybridized carbons (Fsp3) is 0. The van der Waals surface area contributed by atoms with Crippen LogP contribution in [-0.4, -0.2) is 54.0 Å². The molecule has 5 aromatic heterocycles. The Morgan fingerprint density at radius 1 is 0.163 bits per heavy atom. The lowest BCUT2D eigenvalue weighted by molar-refractivity contribution is 1.06. The van der Waals surface area contributed by atoms with E-state index in [1.165, 1.54) is 10.8 Å². The molecule has 0 bridgehead atoms. The summed E-state index contributed by atoms with van der Waals surface area (Å²) in [6, 6.07) is 106. The van der Waals surface area contributed by atoms with Gasteiger partial charge in [-0.05, 0) is 72.3 Å². The lowest BCUT2D eigenvalue weighted by atomic mass is 9.99. The molecule has 0 saturated heterocycles. The summed E-state index contributed by atoms with van der Waals surface area (Å²) in [5.74, 6) is 4.98. The third-order valence-electron chi connectivity index (χ3n) is 16.9. The molecular formula is C81H51N11. The zero-order valence-electron chi connectivity index (χ0n) is 49.4. The number of hydrogen-bond acceptors (Lipinski definition) is 9. The summed E-state index contributed by atoms with van der Waals surface area (Å²) in [6.45, 7) is 0. The Labute approximate surface area is 529 Å². The van der Waals surface area contributed by atoms with Gasteiger partial charge in [-0.3, -0.25) is 0 Å². The molecule has 0 radical (unpaired) electrons. The van der Waals surface area contributed by atoms with E-state index in [1.807, 2.05) is 182 Å². The van der Waals surface area contributed by atoms with Crippen LogP contribution in [0.15, 0.2) is 309 Å². The fourth-order valence-electron chi connectivity index (χ4n) is 12.5. The first-order chi connectivity index (χ1) is 45.6. The highest BCUT2D eigenvalue weighted by Gasteiger charge is 2.25. The molecule has 12 aromatic carbocycles. The van der Waals surface area contributed by atoms with E-state index in [0.29, 0.717) is 52.4 Å². The Hall–Kier alpha value is -12.7. The molecule has 11 heteroatoms. The van der Waals surface area contributed by atoms with Gasteiger partial charge >= 0.3 is 0 Å². The van der Waals surface area contributed by atoms with E-state index >= 15 is 0 Å². The number of fused-ring (bicyclic) bond motifs is 6. The van der Waals surface area contributed by atoms with Gasteiger partial charge in [-0.15, -0.1) is 0 Å². The molecule has 0 atom stereocenters. The Balaban J connectivity index is 0.941. The Morgan fingerprint density at radius 2 is 0.435 bits per heavy atom. The molecule has 0 saturated carbocycles. The van der Waals surface area contributed by atoms with Crippen LogP contribution in [0, 0.1) is 0 Å². The quantitative estimate of drug-likeness (QED) is 0.118. The second kappa shape index (κ2) is 22.8. The molecule has 0 spiro atoms. The lowest BCUT2D eigenvalue weighted by Gasteiger charge is -2.18. The maximum atomic E-state index is 5.47. The van der Waals surface area contributed by atoms with E-state index in [2.05, 4.69) is 137 Å². The summed E-state index contributed by atoms with van der Waals surface area (Å²) in [7, 11) is 0. The van der Waals surface area contributed by atoms with Gasteiger partial charge in [-0.2, -0.15) is 0 Å². The molecule has 430 valence electrons. The largest absolute Gasteiger partial charge is 0.309 e. The molecule has 17 aromatic rings. The van der Waals surface area contributed by atoms with E-state index in [9.17, 15) is 0 Å². The van der Waals surface area contributed by atoms with Gasteiger partial charge in [0.2, 0.25) is 0 Å². The van der Waals surface area contributed by atoms with Crippen molar-refractivity contribution in [2.75, 3.05) is 0 Å². The molecule has 92 heavy (non-hydrogen) atoms. The van der Waals surface area contributed by atoms with Crippen LogP contribution >= 0.6 is 0 Å². The molecule has 0 fully saturated rings. The maximum Gasteiger partial charge on any atom is 0.166 e. The first kappa shape index (κ1) is 53.5. The third-order valence-corrected chi connectivity index (χ3v) is 16.9. The average molecular weight is 1180 g/mol. The number of rotatable bonds is 12. The minimum atomic E-state index is 0.506. The van der Waals surface area contributed by atoms with Gasteiger partial charge in [-0.1, -0.05) is 243 Å². The standard InChI is InChI=1S/C81H51N11/c1-7-25-52(26-8-1)73-82-74(53-27-9-2-10-28-53)86-79(85-73)59-44-47-70-64(50-59)65-51-60(80-87-75(54-29-11-3-12-30-54)83-76(88-80)55-31-13-4-14-32-55)45-48-71(65)92(70)72-46-43-58(61-37-19-22-40-67(61)91-68-41-23-20-38-62(68)63-39-21-24-42-69(63)91)49-66(72)81-89-77(56-33-15-5-16-34-56)84-78(90-81)57-35-17-6-18-36-57/h1-51H. The van der Waals surface area contributed by atoms with Gasteiger partial charge in [0.05, 0.1) is 33.4 Å². The first-order valence-electron chi connectivity index (χ1n) is 30.5. The highest BCUT2D eigenvalue weighted by Crippen LogP contribution is 2.43. The number of aromatic nitrogens is 11. The van der Waals surface area contributed by atoms with Crippen molar-refractivity contribution in [3.8, 4) is 125 Å². The summed E-state index contributed by atoms with van der Waals surface area (Å²) >= 11 is 0. The Morgan fingerprint density at radius 3 is 0.804 bits per heavy atom. The Bertz CT molecular complexity index is 5210. The molecule has 0 unspecified atom stereocenters. The van der Waals surface area contributed by atoms with Crippen molar-refractivity contribution in [3.05, 3.63) is 309 Å². The summed E-state index contributed by atoms with van der Waals surface area (Å²) in [5.41, 5.74) is 15.7. The molecule has 0 aliphatic carbocycles. The fourth-order valence-corrected chi connectivity index (χ4v) is 12.5. The Kier molecular flexibility index (Phi) is 13.2. The van der Waals surface area contributed by atoms with Crippen molar-refractivity contribution < 1.29 is 0 Å². The van der Waals surface area contributed by atoms with Crippen molar-refractivity contribution >= 4 is 43.6 Å². The minimum Gasteiger partial charge on any atom is -0.309 e. The van der Waals surface area contributed by atoms with Crippen LogP contribution in [0.4, 0.5) is 0 Å². The second-order valence-corrected chi connectivity index (χ2v) is 22.5. The van der Waals surface area contributed by atoms with Crippen molar-refractivity contribution in [1.82, 2.24) is 54.0 Å². The van der Waals surface area contributed by atoms with Crippen LogP contribution in [0.1, 0.15) is 0 Å². The summed E-state index contributed by atoms with van der Waals surface area (Å²) in [4.78, 5) is 47.2. The van der Waals surface area contributed by atoms with Crippen LogP contribution in [0.2, 0.25) is 0 Å². The van der Waals surface area contributed by atoms with Gasteiger partial charge in [0.1, 0.15) is 0 Å². The van der Waals surface area contributed by atoms with Crippen LogP contribution in [0.25, 0.3) is 169 Å². The van der Waals surface area contributed by atoms with Crippen LogP contribution in [0.5, 0.6) is 0 Å². The third kappa shape index (κ3) is 9.70. The zero-order valence-corrected chi connectivity index (χ0v) is 49.4. The van der Waals surface area contributed by atoms with E-state index in [1.54, 1.807) is 0 Å². The SMILES string of the molecule is c1ccc(-c2nc(-c3ccccc3)nc(-c3ccc4c(c3)c3cc(-c5nc(-c6ccccc6)nc(-c6ccccc6)n5)ccc3n4-c3ccc(-c4ccccc4-n4c5ccccc5c5ccccc54)cc3-c3nc(-c4ccccc4)nc(-c4ccccc4)n3)n2)cc1. The minimum absolute atomic E-state index is 0.506. The highest BCUT2D eigenvalue weighted by molar-refractivity contribution is 6.13. The molecule has 0 aliphatic rings. The van der Waals surface area contributed by atoms with E-state index < -0.39 is 0 Å². The topological polar surface area (TPSA) is 126 Å². The molecule has 0 aliphatic heterocycles. The molecule has 5 heterocycles. The number of para-hydroxylation sites is 3. The van der Waals surface area contributed by atoms with Crippen molar-refractivity contribution in [2.24, 2.45) is 0 Å². The van der Waals surface area contributed by atoms with E-state index in [4.69, 9.17) is 44.9 Å². The zero-order chi connectivity index (χ0) is 60.9. The van der Waals surface area contributed by atoms with Crippen molar-refractivity contribution in [3.63, 3.8) is 0 Å². The molecule has 0 N–H and O–H groups in total. The number of benzene rings is 12. The summed E-state index contributed by atoms with van der Waals surface area (Å²) < 4.78 is 4.72. The monoisotopic (exact) mass is 1180 g/mol. The number of hydrogen-bond donors (Lipinski definition) is 0. The smallest absolute Gasteiger partial charge is 0.166 e. The van der Waals surface area contributed by atoms with Gasteiger partial charge in [0.25, 0.3) is 0 Å². The van der Waals surface area contributed by atoms with Gasteiger partial charge in [0, 0.05) is 77.2 Å². The lowest BCUT2D eigenvalue weighted by Crippen LogP contribution is -2.04. The second-order valence-electron chi connectivity index (χ2n) is 22.5. The van der Waals surface area contributed by atoms with Crippen molar-refractivity contribution in [1.29, 1.82) is 0 Å². The summed E-state index contributed by atoms with van der Waals surface area (Å²) in [6.07, 6.45) is 0. The predicted octanol–water partition coefficient (Wildman–Crippen LogP) is 19.1. The maximum absolute atomic E-state index is 5.47. The van der Waals surface area contributed by atoms with Crippen molar-refractivity contribution in [2.45, 2.75) is 0 Å². The number of nitrogens with zero attached hydrogens (tertiary/aromatic N) is 11. The van der Waals surface area contributed by atoms with Crippen LogP contribution < -0.4 is 0 Å². The molecular weight excluding hydrogens is 1130 g/mol. The average Bonchev–Trinajstić information content (AvgIpc) is 1.58. The van der Waals surface area contributed by atoms with Gasteiger partial charge in [-0.25, -0.2) is 44.9 Å². The first-order valence-corrected chi connectivity index (χ1v) is 30.5. The highest BCUT2D eigenvalue weighted by atomic mass is 15.1. The molecule has 0 amide bonds.